The minimum absolute atomic E-state index is 0.390. The van der Waals surface area contributed by atoms with Crippen LogP contribution in [-0.2, 0) is 17.6 Å². The summed E-state index contributed by atoms with van der Waals surface area (Å²) in [5, 5.41) is 0. The van der Waals surface area contributed by atoms with Crippen molar-refractivity contribution < 1.29 is 14.3 Å². The van der Waals surface area contributed by atoms with Gasteiger partial charge in [-0.2, -0.15) is 0 Å². The van der Waals surface area contributed by atoms with Gasteiger partial charge in [0.15, 0.2) is 0 Å². The Morgan fingerprint density at radius 1 is 0.696 bits per heavy atom. The van der Waals surface area contributed by atoms with Gasteiger partial charge in [0.2, 0.25) is 0 Å². The molecule has 120 valence electrons. The Morgan fingerprint density at radius 2 is 1.04 bits per heavy atom. The molecule has 0 fully saturated rings. The highest BCUT2D eigenvalue weighted by Crippen LogP contribution is 2.11. The van der Waals surface area contributed by atoms with Crippen LogP contribution in [0.3, 0.4) is 0 Å². The molecule has 3 heteroatoms. The monoisotopic (exact) mass is 310 g/mol. The third kappa shape index (κ3) is 4.78. The topological polar surface area (TPSA) is 43.4 Å². The van der Waals surface area contributed by atoms with Crippen molar-refractivity contribution in [2.24, 2.45) is 0 Å². The second kappa shape index (κ2) is 8.28. The fourth-order valence-electron chi connectivity index (χ4n) is 2.39. The van der Waals surface area contributed by atoms with Crippen LogP contribution in [0.2, 0.25) is 0 Å². The number of benzene rings is 2. The molecule has 2 rings (SSSR count). The van der Waals surface area contributed by atoms with Gasteiger partial charge in [-0.25, -0.2) is 9.59 Å². The molecule has 23 heavy (non-hydrogen) atoms. The van der Waals surface area contributed by atoms with Gasteiger partial charge in [0.1, 0.15) is 0 Å². The van der Waals surface area contributed by atoms with Gasteiger partial charge in [0.05, 0.1) is 11.1 Å². The molecule has 0 aliphatic rings. The molecule has 0 unspecified atom stereocenters. The quantitative estimate of drug-likeness (QED) is 0.579. The summed E-state index contributed by atoms with van der Waals surface area (Å²) < 4.78 is 4.94. The maximum absolute atomic E-state index is 12.0. The predicted molar refractivity (Wildman–Crippen MR) is 90.6 cm³/mol. The highest BCUT2D eigenvalue weighted by Gasteiger charge is 2.14. The lowest BCUT2D eigenvalue weighted by Crippen LogP contribution is -2.13. The van der Waals surface area contributed by atoms with Crippen molar-refractivity contribution in [2.45, 2.75) is 39.5 Å². The van der Waals surface area contributed by atoms with Crippen molar-refractivity contribution in [1.29, 1.82) is 0 Å². The van der Waals surface area contributed by atoms with Gasteiger partial charge >= 0.3 is 11.9 Å². The lowest BCUT2D eigenvalue weighted by molar-refractivity contribution is 0.0398. The summed E-state index contributed by atoms with van der Waals surface area (Å²) in [6.07, 6.45) is 4.04. The lowest BCUT2D eigenvalue weighted by atomic mass is 10.1. The minimum atomic E-state index is -0.615. The van der Waals surface area contributed by atoms with E-state index in [1.165, 1.54) is 11.1 Å². The van der Waals surface area contributed by atoms with E-state index in [-0.39, 0.29) is 0 Å². The summed E-state index contributed by atoms with van der Waals surface area (Å²) in [5.74, 6) is -1.23. The van der Waals surface area contributed by atoms with Crippen LogP contribution in [0.4, 0.5) is 0 Å². The number of esters is 2. The van der Waals surface area contributed by atoms with Crippen molar-refractivity contribution in [2.75, 3.05) is 0 Å². The zero-order valence-corrected chi connectivity index (χ0v) is 13.7. The summed E-state index contributed by atoms with van der Waals surface area (Å²) in [5.41, 5.74) is 3.12. The first-order valence-corrected chi connectivity index (χ1v) is 8.08. The molecule has 0 aromatic heterocycles. The van der Waals surface area contributed by atoms with E-state index in [0.717, 1.165) is 25.7 Å². The Balaban J connectivity index is 1.99. The van der Waals surface area contributed by atoms with Crippen LogP contribution in [0.15, 0.2) is 48.5 Å². The highest BCUT2D eigenvalue weighted by molar-refractivity contribution is 6.02. The Labute approximate surface area is 137 Å². The van der Waals surface area contributed by atoms with Crippen LogP contribution < -0.4 is 0 Å². The SMILES string of the molecule is CCCc1ccc(C(=O)OC(=O)c2ccc(CCC)cc2)cc1. The number of ether oxygens (including phenoxy) is 1. The van der Waals surface area contributed by atoms with Crippen molar-refractivity contribution in [1.82, 2.24) is 0 Å². The van der Waals surface area contributed by atoms with E-state index in [1.54, 1.807) is 24.3 Å². The summed E-state index contributed by atoms with van der Waals surface area (Å²) in [4.78, 5) is 24.0. The van der Waals surface area contributed by atoms with Gasteiger partial charge in [-0.3, -0.25) is 0 Å². The number of aryl methyl sites for hydroxylation is 2. The molecule has 0 bridgehead atoms. The molecule has 0 heterocycles. The molecule has 0 atom stereocenters. The molecule has 0 saturated carbocycles. The Morgan fingerprint density at radius 3 is 1.35 bits per heavy atom. The minimum Gasteiger partial charge on any atom is -0.386 e. The molecule has 0 radical (unpaired) electrons. The van der Waals surface area contributed by atoms with Crippen molar-refractivity contribution in [3.63, 3.8) is 0 Å². The lowest BCUT2D eigenvalue weighted by Gasteiger charge is -2.05. The zero-order valence-electron chi connectivity index (χ0n) is 13.7. The molecule has 2 aromatic carbocycles. The van der Waals surface area contributed by atoms with Crippen molar-refractivity contribution in [3.05, 3.63) is 70.8 Å². The van der Waals surface area contributed by atoms with Gasteiger partial charge in [0, 0.05) is 0 Å². The second-order valence-electron chi connectivity index (χ2n) is 5.57. The summed E-state index contributed by atoms with van der Waals surface area (Å²) in [7, 11) is 0. The van der Waals surface area contributed by atoms with Crippen LogP contribution in [0.25, 0.3) is 0 Å². The molecule has 3 nitrogen and oxygen atoms in total. The summed E-state index contributed by atoms with van der Waals surface area (Å²) >= 11 is 0. The Bertz CT molecular complexity index is 595. The first-order valence-electron chi connectivity index (χ1n) is 8.08. The molecule has 0 spiro atoms. The molecule has 2 aromatic rings. The van der Waals surface area contributed by atoms with Crippen LogP contribution in [0.5, 0.6) is 0 Å². The second-order valence-corrected chi connectivity index (χ2v) is 5.57. The summed E-state index contributed by atoms with van der Waals surface area (Å²) in [6.45, 7) is 4.21. The largest absolute Gasteiger partial charge is 0.386 e. The molecule has 0 N–H and O–H groups in total. The average molecular weight is 310 g/mol. The molecule has 0 saturated heterocycles. The molecule has 0 aliphatic heterocycles. The first-order chi connectivity index (χ1) is 11.1. The van der Waals surface area contributed by atoms with E-state index in [0.29, 0.717) is 11.1 Å². The van der Waals surface area contributed by atoms with Gasteiger partial charge < -0.3 is 4.74 Å². The fraction of sp³-hybridized carbons (Fsp3) is 0.300. The third-order valence-corrected chi connectivity index (χ3v) is 3.64. The highest BCUT2D eigenvalue weighted by atomic mass is 16.6. The number of carbonyl (C=O) groups excluding carboxylic acids is 2. The number of rotatable bonds is 6. The molecule has 0 aliphatic carbocycles. The van der Waals surface area contributed by atoms with Crippen LogP contribution in [0.1, 0.15) is 58.5 Å². The normalized spacial score (nSPS) is 10.3. The smallest absolute Gasteiger partial charge is 0.346 e. The molecular weight excluding hydrogens is 288 g/mol. The van der Waals surface area contributed by atoms with E-state index in [4.69, 9.17) is 4.74 Å². The van der Waals surface area contributed by atoms with Crippen LogP contribution >= 0.6 is 0 Å². The van der Waals surface area contributed by atoms with Gasteiger partial charge in [0.25, 0.3) is 0 Å². The van der Waals surface area contributed by atoms with E-state index < -0.39 is 11.9 Å². The molecular formula is C20H22O3. The zero-order chi connectivity index (χ0) is 16.7. The maximum atomic E-state index is 12.0. The fourth-order valence-corrected chi connectivity index (χ4v) is 2.39. The Kier molecular flexibility index (Phi) is 6.10. The van der Waals surface area contributed by atoms with Crippen molar-refractivity contribution in [3.8, 4) is 0 Å². The maximum Gasteiger partial charge on any atom is 0.346 e. The first kappa shape index (κ1) is 16.9. The average Bonchev–Trinajstić information content (AvgIpc) is 2.56. The van der Waals surface area contributed by atoms with Crippen LogP contribution in [0, 0.1) is 0 Å². The predicted octanol–water partition coefficient (Wildman–Crippen LogP) is 4.59. The molecule has 0 amide bonds. The van der Waals surface area contributed by atoms with E-state index in [1.807, 2.05) is 24.3 Å². The Hall–Kier alpha value is -2.42. The van der Waals surface area contributed by atoms with Gasteiger partial charge in [-0.05, 0) is 48.2 Å². The number of carbonyl (C=O) groups is 2. The standard InChI is InChI=1S/C20H22O3/c1-3-5-15-7-11-17(12-8-15)19(21)23-20(22)18-13-9-16(6-4-2)10-14-18/h7-14H,3-6H2,1-2H3. The summed E-state index contributed by atoms with van der Waals surface area (Å²) in [6, 6.07) is 14.4. The van der Waals surface area contributed by atoms with E-state index in [2.05, 4.69) is 13.8 Å². The number of hydrogen-bond acceptors (Lipinski definition) is 3. The van der Waals surface area contributed by atoms with E-state index >= 15 is 0 Å². The van der Waals surface area contributed by atoms with E-state index in [9.17, 15) is 9.59 Å². The van der Waals surface area contributed by atoms with Gasteiger partial charge in [-0.1, -0.05) is 51.0 Å². The third-order valence-electron chi connectivity index (χ3n) is 3.64. The number of hydrogen-bond donors (Lipinski definition) is 0. The van der Waals surface area contributed by atoms with Gasteiger partial charge in [-0.15, -0.1) is 0 Å². The van der Waals surface area contributed by atoms with Crippen molar-refractivity contribution >= 4 is 11.9 Å². The van der Waals surface area contributed by atoms with Crippen LogP contribution in [-0.4, -0.2) is 11.9 Å².